The molecule has 1 rings (SSSR count). The number of amides is 2. The fraction of sp³-hybridized carbons (Fsp3) is 0.846. The number of ether oxygens (including phenoxy) is 1. The van der Waals surface area contributed by atoms with E-state index in [4.69, 9.17) is 4.74 Å². The molecule has 0 radical (unpaired) electrons. The number of aliphatic carboxylic acids is 1. The van der Waals surface area contributed by atoms with Crippen LogP contribution in [0.15, 0.2) is 0 Å². The maximum Gasteiger partial charge on any atom is 0.329 e. The number of piperidine rings is 1. The van der Waals surface area contributed by atoms with Crippen molar-refractivity contribution in [1.29, 1.82) is 0 Å². The Morgan fingerprint density at radius 3 is 2.53 bits per heavy atom. The van der Waals surface area contributed by atoms with Crippen molar-refractivity contribution in [2.75, 3.05) is 20.2 Å². The van der Waals surface area contributed by atoms with Crippen molar-refractivity contribution < 1.29 is 19.4 Å². The molecule has 2 N–H and O–H groups in total. The van der Waals surface area contributed by atoms with E-state index in [-0.39, 0.29) is 12.1 Å². The Labute approximate surface area is 114 Å². The highest BCUT2D eigenvalue weighted by Gasteiger charge is 2.38. The minimum atomic E-state index is -1.17. The molecule has 110 valence electrons. The third-order valence-electron chi connectivity index (χ3n) is 3.96. The number of nitrogens with one attached hydrogen (secondary N) is 1. The van der Waals surface area contributed by atoms with Crippen LogP contribution in [0.2, 0.25) is 0 Å². The second-order valence-corrected chi connectivity index (χ2v) is 4.97. The summed E-state index contributed by atoms with van der Waals surface area (Å²) >= 11 is 0. The molecule has 1 atom stereocenters. The molecule has 0 aliphatic carbocycles. The maximum absolute atomic E-state index is 12.2. The van der Waals surface area contributed by atoms with Crippen LogP contribution in [-0.4, -0.2) is 53.8 Å². The van der Waals surface area contributed by atoms with Gasteiger partial charge in [-0.15, -0.1) is 0 Å². The molecule has 0 saturated carbocycles. The predicted octanol–water partition coefficient (Wildman–Crippen LogP) is 1.45. The Balaban J connectivity index is 2.69. The van der Waals surface area contributed by atoms with Gasteiger partial charge < -0.3 is 20.1 Å². The number of carboxylic acids is 1. The number of carbonyl (C=O) groups excluding carboxylic acids is 1. The molecule has 19 heavy (non-hydrogen) atoms. The molecular weight excluding hydrogens is 248 g/mol. The average Bonchev–Trinajstić information content (AvgIpc) is 2.44. The van der Waals surface area contributed by atoms with Gasteiger partial charge in [0.2, 0.25) is 0 Å². The van der Waals surface area contributed by atoms with E-state index in [2.05, 4.69) is 5.32 Å². The highest BCUT2D eigenvalue weighted by atomic mass is 16.5. The first-order valence-electron chi connectivity index (χ1n) is 6.82. The van der Waals surface area contributed by atoms with Crippen molar-refractivity contribution in [3.05, 3.63) is 0 Å². The van der Waals surface area contributed by atoms with Crippen molar-refractivity contribution in [3.8, 4) is 0 Å². The number of nitrogens with zero attached hydrogens (tertiary/aromatic N) is 1. The van der Waals surface area contributed by atoms with Crippen LogP contribution in [0.4, 0.5) is 4.79 Å². The molecule has 0 bridgehead atoms. The van der Waals surface area contributed by atoms with Crippen LogP contribution in [0.25, 0.3) is 0 Å². The topological polar surface area (TPSA) is 78.9 Å². The lowest BCUT2D eigenvalue weighted by Gasteiger charge is -2.35. The van der Waals surface area contributed by atoms with Gasteiger partial charge in [0.15, 0.2) is 0 Å². The summed E-state index contributed by atoms with van der Waals surface area (Å²) < 4.78 is 5.26. The Kier molecular flexibility index (Phi) is 5.60. The largest absolute Gasteiger partial charge is 0.480 e. The maximum atomic E-state index is 12.2. The van der Waals surface area contributed by atoms with Gasteiger partial charge in [-0.25, -0.2) is 9.59 Å². The number of carbonyl (C=O) groups is 2. The van der Waals surface area contributed by atoms with Gasteiger partial charge in [0.05, 0.1) is 6.10 Å². The predicted molar refractivity (Wildman–Crippen MR) is 71.1 cm³/mol. The van der Waals surface area contributed by atoms with Crippen LogP contribution >= 0.6 is 0 Å². The third-order valence-corrected chi connectivity index (χ3v) is 3.96. The van der Waals surface area contributed by atoms with E-state index in [0.717, 1.165) is 12.8 Å². The van der Waals surface area contributed by atoms with Gasteiger partial charge in [-0.2, -0.15) is 0 Å². The van der Waals surface area contributed by atoms with Crippen LogP contribution in [0, 0.1) is 0 Å². The summed E-state index contributed by atoms with van der Waals surface area (Å²) in [4.78, 5) is 25.2. The Bertz CT molecular complexity index is 329. The molecule has 1 aliphatic heterocycles. The fourth-order valence-electron chi connectivity index (χ4n) is 2.38. The number of hydrogen-bond donors (Lipinski definition) is 2. The van der Waals surface area contributed by atoms with E-state index in [1.165, 1.54) is 0 Å². The van der Waals surface area contributed by atoms with Gasteiger partial charge in [0, 0.05) is 20.2 Å². The first-order chi connectivity index (χ1) is 8.99. The van der Waals surface area contributed by atoms with Gasteiger partial charge in [-0.1, -0.05) is 13.8 Å². The fourth-order valence-corrected chi connectivity index (χ4v) is 2.38. The van der Waals surface area contributed by atoms with Gasteiger partial charge >= 0.3 is 12.0 Å². The number of hydrogen-bond acceptors (Lipinski definition) is 3. The van der Waals surface area contributed by atoms with Crippen molar-refractivity contribution in [1.82, 2.24) is 10.2 Å². The number of urea groups is 1. The van der Waals surface area contributed by atoms with Crippen LogP contribution in [0.5, 0.6) is 0 Å². The van der Waals surface area contributed by atoms with Crippen LogP contribution in [0.1, 0.15) is 39.5 Å². The molecule has 6 nitrogen and oxygen atoms in total. The second-order valence-electron chi connectivity index (χ2n) is 4.97. The Morgan fingerprint density at radius 2 is 2.05 bits per heavy atom. The first-order valence-corrected chi connectivity index (χ1v) is 6.82. The molecule has 1 aliphatic rings. The molecule has 2 amide bonds. The zero-order chi connectivity index (χ0) is 14.5. The molecule has 6 heteroatoms. The smallest absolute Gasteiger partial charge is 0.329 e. The molecule has 0 aromatic heterocycles. The van der Waals surface area contributed by atoms with Crippen molar-refractivity contribution in [2.45, 2.75) is 51.2 Å². The van der Waals surface area contributed by atoms with E-state index in [1.807, 2.05) is 0 Å². The lowest BCUT2D eigenvalue weighted by Crippen LogP contribution is -2.59. The molecule has 1 unspecified atom stereocenters. The summed E-state index contributed by atoms with van der Waals surface area (Å²) in [5, 5.41) is 12.0. The first kappa shape index (κ1) is 15.8. The Morgan fingerprint density at radius 1 is 1.42 bits per heavy atom. The lowest BCUT2D eigenvalue weighted by atomic mass is 9.93. The molecule has 1 saturated heterocycles. The van der Waals surface area contributed by atoms with E-state index in [1.54, 1.807) is 25.9 Å². The summed E-state index contributed by atoms with van der Waals surface area (Å²) in [7, 11) is 1.63. The number of carboxylic acid groups (broad SMARTS) is 1. The minimum absolute atomic E-state index is 0.0435. The van der Waals surface area contributed by atoms with E-state index >= 15 is 0 Å². The summed E-state index contributed by atoms with van der Waals surface area (Å²) in [6.45, 7) is 4.71. The lowest BCUT2D eigenvalue weighted by molar-refractivity contribution is -0.144. The number of likely N-dealkylation sites (tertiary alicyclic amines) is 1. The van der Waals surface area contributed by atoms with Gasteiger partial charge in [0.25, 0.3) is 0 Å². The van der Waals surface area contributed by atoms with Gasteiger partial charge in [-0.3, -0.25) is 0 Å². The molecule has 1 fully saturated rings. The highest BCUT2D eigenvalue weighted by molar-refractivity contribution is 5.86. The summed E-state index contributed by atoms with van der Waals surface area (Å²) in [6.07, 6.45) is 2.59. The van der Waals surface area contributed by atoms with Crippen molar-refractivity contribution in [3.63, 3.8) is 0 Å². The Hall–Kier alpha value is -1.30. The van der Waals surface area contributed by atoms with E-state index in [9.17, 15) is 14.7 Å². The minimum Gasteiger partial charge on any atom is -0.480 e. The molecule has 1 heterocycles. The normalized spacial score (nSPS) is 20.2. The standard InChI is InChI=1S/C13H24N2O4/c1-4-13(5-2,11(16)17)14-12(18)15-8-6-7-10(9-15)19-3/h10H,4-9H2,1-3H3,(H,14,18)(H,16,17). The van der Waals surface area contributed by atoms with Crippen molar-refractivity contribution in [2.24, 2.45) is 0 Å². The SMILES string of the molecule is CCC(CC)(NC(=O)N1CCCC(OC)C1)C(=O)O. The quantitative estimate of drug-likeness (QED) is 0.794. The zero-order valence-electron chi connectivity index (χ0n) is 11.9. The third kappa shape index (κ3) is 3.59. The number of rotatable bonds is 5. The second kappa shape index (κ2) is 6.75. The molecule has 0 aromatic carbocycles. The molecule has 0 spiro atoms. The average molecular weight is 272 g/mol. The van der Waals surface area contributed by atoms with E-state index in [0.29, 0.717) is 25.9 Å². The van der Waals surface area contributed by atoms with Crippen LogP contribution < -0.4 is 5.32 Å². The number of methoxy groups -OCH3 is 1. The summed E-state index contributed by atoms with van der Waals surface area (Å²) in [6, 6.07) is -0.312. The van der Waals surface area contributed by atoms with Gasteiger partial charge in [0.1, 0.15) is 5.54 Å². The summed E-state index contributed by atoms with van der Waals surface area (Å²) in [5.41, 5.74) is -1.17. The van der Waals surface area contributed by atoms with E-state index < -0.39 is 11.5 Å². The van der Waals surface area contributed by atoms with Crippen LogP contribution in [0.3, 0.4) is 0 Å². The monoisotopic (exact) mass is 272 g/mol. The van der Waals surface area contributed by atoms with Crippen molar-refractivity contribution >= 4 is 12.0 Å². The van der Waals surface area contributed by atoms with Crippen LogP contribution in [-0.2, 0) is 9.53 Å². The highest BCUT2D eigenvalue weighted by Crippen LogP contribution is 2.18. The zero-order valence-corrected chi connectivity index (χ0v) is 11.9. The molecular formula is C13H24N2O4. The summed E-state index contributed by atoms with van der Waals surface area (Å²) in [5.74, 6) is -0.980. The van der Waals surface area contributed by atoms with Gasteiger partial charge in [-0.05, 0) is 25.7 Å². The molecule has 0 aromatic rings.